The van der Waals surface area contributed by atoms with Crippen molar-refractivity contribution in [3.05, 3.63) is 0 Å². The predicted octanol–water partition coefficient (Wildman–Crippen LogP) is 1.68. The van der Waals surface area contributed by atoms with Gasteiger partial charge >= 0.3 is 12.1 Å². The van der Waals surface area contributed by atoms with E-state index in [0.717, 1.165) is 0 Å². The third-order valence-corrected chi connectivity index (χ3v) is 1.65. The molecule has 0 fully saturated rings. The van der Waals surface area contributed by atoms with Crippen LogP contribution in [0.15, 0.2) is 0 Å². The van der Waals surface area contributed by atoms with Gasteiger partial charge in [0.2, 0.25) is 0 Å². The van der Waals surface area contributed by atoms with E-state index < -0.39 is 30.3 Å². The van der Waals surface area contributed by atoms with Crippen molar-refractivity contribution in [1.29, 1.82) is 0 Å². The summed E-state index contributed by atoms with van der Waals surface area (Å²) in [5.74, 6) is -2.42. The third kappa shape index (κ3) is 4.70. The smallest absolute Gasteiger partial charge is 0.404 e. The van der Waals surface area contributed by atoms with Crippen LogP contribution in [0.2, 0.25) is 0 Å². The first-order valence-corrected chi connectivity index (χ1v) is 4.01. The summed E-state index contributed by atoms with van der Waals surface area (Å²) in [6.45, 7) is 1.76. The molecule has 0 bridgehead atoms. The van der Waals surface area contributed by atoms with Crippen LogP contribution in [-0.4, -0.2) is 29.5 Å². The Morgan fingerprint density at radius 2 is 2.00 bits per heavy atom. The second-order valence-corrected chi connectivity index (χ2v) is 3.40. The first-order chi connectivity index (χ1) is 6.60. The van der Waals surface area contributed by atoms with E-state index in [1.165, 1.54) is 13.8 Å². The number of carboxylic acid groups (broad SMARTS) is 1. The Hall–Kier alpha value is -1.22. The van der Waals surface area contributed by atoms with Crippen molar-refractivity contribution in [2.75, 3.05) is 6.61 Å². The van der Waals surface area contributed by atoms with Crippen molar-refractivity contribution in [3.63, 3.8) is 0 Å². The lowest BCUT2D eigenvalue weighted by Gasteiger charge is -2.22. The number of rotatable bonds is 4. The van der Waals surface area contributed by atoms with Gasteiger partial charge in [-0.1, -0.05) is 5.92 Å². The summed E-state index contributed by atoms with van der Waals surface area (Å²) in [5, 5.41) is 8.33. The van der Waals surface area contributed by atoms with Crippen LogP contribution in [0, 0.1) is 18.3 Å². The Kier molecular flexibility index (Phi) is 4.16. The predicted molar refractivity (Wildman–Crippen MR) is 46.0 cm³/mol. The molecule has 0 aliphatic rings. The molecule has 86 valence electrons. The number of hydrogen-bond acceptors (Lipinski definition) is 2. The molecule has 3 nitrogen and oxygen atoms in total. The Morgan fingerprint density at radius 3 is 2.27 bits per heavy atom. The van der Waals surface area contributed by atoms with Gasteiger partial charge in [-0.15, -0.1) is 6.42 Å². The second-order valence-electron chi connectivity index (χ2n) is 3.40. The molecule has 0 aromatic heterocycles. The maximum Gasteiger partial charge on any atom is 0.404 e. The molecule has 1 atom stereocenters. The maximum atomic E-state index is 12.1. The number of hydrogen-bond donors (Lipinski definition) is 1. The summed E-state index contributed by atoms with van der Waals surface area (Å²) in [6.07, 6.45) is 0.137. The average Bonchev–Trinajstić information content (AvgIpc) is 2.01. The normalized spacial score (nSPS) is 14.4. The van der Waals surface area contributed by atoms with Gasteiger partial charge in [-0.25, -0.2) is 0 Å². The minimum absolute atomic E-state index is 0.990. The maximum absolute atomic E-state index is 12.1. The molecule has 1 unspecified atom stereocenters. The zero-order chi connectivity index (χ0) is 12.3. The average molecular weight is 224 g/mol. The Morgan fingerprint density at radius 1 is 1.53 bits per heavy atom. The highest BCUT2D eigenvalue weighted by Crippen LogP contribution is 2.27. The largest absolute Gasteiger partial charge is 0.481 e. The summed E-state index contributed by atoms with van der Waals surface area (Å²) >= 11 is 0. The van der Waals surface area contributed by atoms with E-state index >= 15 is 0 Å². The standard InChI is InChI=1S/C9H11F3O3/c1-4-8(2,3)15-5-6(7(13)14)9(10,11)12/h1,6H,5H2,2-3H3,(H,13,14). The number of carboxylic acids is 1. The van der Waals surface area contributed by atoms with Gasteiger partial charge < -0.3 is 9.84 Å². The van der Waals surface area contributed by atoms with Crippen LogP contribution in [0.3, 0.4) is 0 Å². The first-order valence-electron chi connectivity index (χ1n) is 4.01. The van der Waals surface area contributed by atoms with Gasteiger partial charge in [0.25, 0.3) is 0 Å². The molecular weight excluding hydrogens is 213 g/mol. The Labute approximate surface area is 85.2 Å². The van der Waals surface area contributed by atoms with E-state index in [9.17, 15) is 18.0 Å². The minimum Gasteiger partial charge on any atom is -0.481 e. The first kappa shape index (κ1) is 13.8. The van der Waals surface area contributed by atoms with Crippen LogP contribution in [0.1, 0.15) is 13.8 Å². The van der Waals surface area contributed by atoms with Crippen molar-refractivity contribution >= 4 is 5.97 Å². The summed E-state index contributed by atoms with van der Waals surface area (Å²) in [6, 6.07) is 0. The monoisotopic (exact) mass is 224 g/mol. The molecule has 0 spiro atoms. The fraction of sp³-hybridized carbons (Fsp3) is 0.667. The van der Waals surface area contributed by atoms with E-state index in [1.807, 2.05) is 0 Å². The van der Waals surface area contributed by atoms with Crippen molar-refractivity contribution in [3.8, 4) is 12.3 Å². The molecule has 0 aliphatic heterocycles. The van der Waals surface area contributed by atoms with E-state index in [0.29, 0.717) is 0 Å². The Bertz CT molecular complexity index is 275. The fourth-order valence-electron chi connectivity index (χ4n) is 0.639. The number of terminal acetylenes is 1. The van der Waals surface area contributed by atoms with Crippen LogP contribution in [0.4, 0.5) is 13.2 Å². The summed E-state index contributed by atoms with van der Waals surface area (Å²) in [7, 11) is 0. The molecule has 0 heterocycles. The van der Waals surface area contributed by atoms with Crippen molar-refractivity contribution in [2.45, 2.75) is 25.6 Å². The molecule has 0 rings (SSSR count). The van der Waals surface area contributed by atoms with Gasteiger partial charge in [0.15, 0.2) is 5.92 Å². The number of alkyl halides is 3. The molecule has 0 radical (unpaired) electrons. The lowest BCUT2D eigenvalue weighted by Crippen LogP contribution is -2.37. The van der Waals surface area contributed by atoms with Gasteiger partial charge in [-0.2, -0.15) is 13.2 Å². The summed E-state index contributed by atoms with van der Waals surface area (Å²) in [5.41, 5.74) is -1.21. The minimum atomic E-state index is -4.84. The van der Waals surface area contributed by atoms with Gasteiger partial charge in [-0.3, -0.25) is 4.79 Å². The topological polar surface area (TPSA) is 46.5 Å². The highest BCUT2D eigenvalue weighted by atomic mass is 19.4. The molecule has 0 amide bonds. The van der Waals surface area contributed by atoms with Crippen LogP contribution in [-0.2, 0) is 9.53 Å². The lowest BCUT2D eigenvalue weighted by molar-refractivity contribution is -0.207. The summed E-state index contributed by atoms with van der Waals surface area (Å²) < 4.78 is 41.1. The zero-order valence-corrected chi connectivity index (χ0v) is 8.26. The SMILES string of the molecule is C#CC(C)(C)OCC(C(=O)O)C(F)(F)F. The van der Waals surface area contributed by atoms with Gasteiger partial charge in [-0.05, 0) is 13.8 Å². The quantitative estimate of drug-likeness (QED) is 0.739. The van der Waals surface area contributed by atoms with E-state index in [-0.39, 0.29) is 0 Å². The number of carbonyl (C=O) groups is 1. The zero-order valence-electron chi connectivity index (χ0n) is 8.26. The molecule has 6 heteroatoms. The Balaban J connectivity index is 4.49. The van der Waals surface area contributed by atoms with E-state index in [2.05, 4.69) is 5.92 Å². The van der Waals surface area contributed by atoms with Crippen molar-refractivity contribution in [1.82, 2.24) is 0 Å². The number of halogens is 3. The molecule has 0 saturated carbocycles. The number of ether oxygens (including phenoxy) is 1. The van der Waals surface area contributed by atoms with Crippen LogP contribution in [0.5, 0.6) is 0 Å². The highest BCUT2D eigenvalue weighted by molar-refractivity contribution is 5.71. The number of aliphatic carboxylic acids is 1. The molecule has 1 N–H and O–H groups in total. The van der Waals surface area contributed by atoms with E-state index in [1.54, 1.807) is 0 Å². The van der Waals surface area contributed by atoms with E-state index in [4.69, 9.17) is 16.3 Å². The van der Waals surface area contributed by atoms with Crippen molar-refractivity contribution < 1.29 is 27.8 Å². The summed E-state index contributed by atoms with van der Waals surface area (Å²) in [4.78, 5) is 10.3. The highest BCUT2D eigenvalue weighted by Gasteiger charge is 2.46. The molecule has 15 heavy (non-hydrogen) atoms. The van der Waals surface area contributed by atoms with Crippen LogP contribution >= 0.6 is 0 Å². The van der Waals surface area contributed by atoms with Gasteiger partial charge in [0.05, 0.1) is 6.61 Å². The lowest BCUT2D eigenvalue weighted by atomic mass is 10.1. The van der Waals surface area contributed by atoms with Gasteiger partial charge in [0, 0.05) is 0 Å². The molecule has 0 aromatic rings. The van der Waals surface area contributed by atoms with Crippen LogP contribution in [0.25, 0.3) is 0 Å². The van der Waals surface area contributed by atoms with Crippen molar-refractivity contribution in [2.24, 2.45) is 5.92 Å². The van der Waals surface area contributed by atoms with Crippen LogP contribution < -0.4 is 0 Å². The second kappa shape index (κ2) is 4.53. The third-order valence-electron chi connectivity index (χ3n) is 1.65. The molecule has 0 aliphatic carbocycles. The molecule has 0 saturated heterocycles. The fourth-order valence-corrected chi connectivity index (χ4v) is 0.639. The molecule has 0 aromatic carbocycles. The molecular formula is C9H11F3O3. The van der Waals surface area contributed by atoms with Gasteiger partial charge in [0.1, 0.15) is 5.60 Å².